The SMILES string of the molecule is COc1ccc2ccccc2c1/C=N\NC(=O)CSc1nnc(SCc2ccc(C)cc2)s1. The monoisotopic (exact) mass is 494 g/mol. The number of ether oxygens (including phenoxy) is 1. The molecule has 1 aromatic heterocycles. The van der Waals surface area contributed by atoms with E-state index in [-0.39, 0.29) is 11.7 Å². The fourth-order valence-electron chi connectivity index (χ4n) is 3.06. The Hall–Kier alpha value is -2.88. The Labute approximate surface area is 204 Å². The molecule has 33 heavy (non-hydrogen) atoms. The quantitative estimate of drug-likeness (QED) is 0.187. The van der Waals surface area contributed by atoms with Crippen molar-refractivity contribution in [3.8, 4) is 5.75 Å². The van der Waals surface area contributed by atoms with Gasteiger partial charge in [0.1, 0.15) is 5.75 Å². The average molecular weight is 495 g/mol. The molecular weight excluding hydrogens is 472 g/mol. The van der Waals surface area contributed by atoms with Gasteiger partial charge >= 0.3 is 0 Å². The summed E-state index contributed by atoms with van der Waals surface area (Å²) in [6, 6.07) is 20.3. The van der Waals surface area contributed by atoms with Gasteiger partial charge in [-0.3, -0.25) is 4.79 Å². The largest absolute Gasteiger partial charge is 0.496 e. The second-order valence-electron chi connectivity index (χ2n) is 7.09. The third-order valence-corrected chi connectivity index (χ3v) is 7.99. The summed E-state index contributed by atoms with van der Waals surface area (Å²) in [5.74, 6) is 1.54. The van der Waals surface area contributed by atoms with E-state index in [1.165, 1.54) is 34.2 Å². The number of hydrogen-bond acceptors (Lipinski definition) is 8. The minimum Gasteiger partial charge on any atom is -0.496 e. The molecule has 4 aromatic rings. The van der Waals surface area contributed by atoms with Crippen molar-refractivity contribution in [1.82, 2.24) is 15.6 Å². The number of benzene rings is 3. The maximum atomic E-state index is 12.2. The highest BCUT2D eigenvalue weighted by Crippen LogP contribution is 2.31. The zero-order valence-electron chi connectivity index (χ0n) is 18.1. The fraction of sp³-hybridized carbons (Fsp3) is 0.167. The van der Waals surface area contributed by atoms with Crippen LogP contribution in [0.25, 0.3) is 10.8 Å². The Bertz CT molecular complexity index is 1270. The van der Waals surface area contributed by atoms with Crippen LogP contribution in [0.15, 0.2) is 74.4 Å². The van der Waals surface area contributed by atoms with Crippen molar-refractivity contribution >= 4 is 57.8 Å². The molecule has 0 unspecified atom stereocenters. The van der Waals surface area contributed by atoms with Gasteiger partial charge in [-0.1, -0.05) is 95.0 Å². The Morgan fingerprint density at radius 1 is 1.06 bits per heavy atom. The number of hydrazone groups is 1. The van der Waals surface area contributed by atoms with E-state index in [2.05, 4.69) is 51.9 Å². The van der Waals surface area contributed by atoms with Crippen LogP contribution >= 0.6 is 34.9 Å². The second-order valence-corrected chi connectivity index (χ2v) is 10.5. The van der Waals surface area contributed by atoms with E-state index in [0.29, 0.717) is 5.75 Å². The summed E-state index contributed by atoms with van der Waals surface area (Å²) in [7, 11) is 1.62. The van der Waals surface area contributed by atoms with Gasteiger partial charge in [0.2, 0.25) is 0 Å². The molecule has 1 heterocycles. The number of carbonyl (C=O) groups excluding carboxylic acids is 1. The van der Waals surface area contributed by atoms with Crippen molar-refractivity contribution in [2.24, 2.45) is 5.10 Å². The van der Waals surface area contributed by atoms with Gasteiger partial charge in [-0.2, -0.15) is 5.10 Å². The third-order valence-electron chi connectivity index (χ3n) is 4.73. The van der Waals surface area contributed by atoms with E-state index in [0.717, 1.165) is 30.8 Å². The molecule has 0 fully saturated rings. The number of fused-ring (bicyclic) bond motifs is 1. The molecule has 4 rings (SSSR count). The zero-order valence-corrected chi connectivity index (χ0v) is 20.6. The summed E-state index contributed by atoms with van der Waals surface area (Å²) in [5, 5.41) is 14.6. The van der Waals surface area contributed by atoms with E-state index < -0.39 is 0 Å². The van der Waals surface area contributed by atoms with Gasteiger partial charge in [-0.05, 0) is 29.3 Å². The predicted molar refractivity (Wildman–Crippen MR) is 138 cm³/mol. The minimum absolute atomic E-state index is 0.209. The molecule has 0 saturated heterocycles. The number of thioether (sulfide) groups is 2. The fourth-order valence-corrected chi connectivity index (χ4v) is 5.83. The zero-order chi connectivity index (χ0) is 23.0. The molecule has 1 N–H and O–H groups in total. The van der Waals surface area contributed by atoms with E-state index in [9.17, 15) is 4.79 Å². The first-order valence-corrected chi connectivity index (χ1v) is 12.9. The second kappa shape index (κ2) is 11.3. The molecule has 0 aliphatic rings. The van der Waals surface area contributed by atoms with Crippen LogP contribution in [0, 0.1) is 6.92 Å². The van der Waals surface area contributed by atoms with Crippen LogP contribution in [0.2, 0.25) is 0 Å². The molecule has 0 spiro atoms. The summed E-state index contributed by atoms with van der Waals surface area (Å²) in [5.41, 5.74) is 5.90. The molecule has 3 aromatic carbocycles. The summed E-state index contributed by atoms with van der Waals surface area (Å²) < 4.78 is 7.10. The molecule has 168 valence electrons. The number of hydrogen-bond donors (Lipinski definition) is 1. The maximum absolute atomic E-state index is 12.2. The number of aromatic nitrogens is 2. The molecule has 0 radical (unpaired) electrons. The predicted octanol–water partition coefficient (Wildman–Crippen LogP) is 5.54. The van der Waals surface area contributed by atoms with Crippen LogP contribution in [-0.4, -0.2) is 35.2 Å². The van der Waals surface area contributed by atoms with E-state index in [4.69, 9.17) is 4.74 Å². The maximum Gasteiger partial charge on any atom is 0.250 e. The standard InChI is InChI=1S/C24H22N4O2S3/c1-16-7-9-17(10-8-16)14-31-23-27-28-24(33-23)32-15-22(29)26-25-13-20-19-6-4-3-5-18(19)11-12-21(20)30-2/h3-13H,14-15H2,1-2H3,(H,26,29)/b25-13-. The van der Waals surface area contributed by atoms with Crippen molar-refractivity contribution in [1.29, 1.82) is 0 Å². The van der Waals surface area contributed by atoms with Gasteiger partial charge in [-0.25, -0.2) is 5.43 Å². The van der Waals surface area contributed by atoms with Crippen molar-refractivity contribution in [3.63, 3.8) is 0 Å². The van der Waals surface area contributed by atoms with E-state index in [1.807, 2.05) is 36.4 Å². The van der Waals surface area contributed by atoms with Crippen LogP contribution in [0.1, 0.15) is 16.7 Å². The molecule has 0 saturated carbocycles. The highest BCUT2D eigenvalue weighted by atomic mass is 32.2. The van der Waals surface area contributed by atoms with E-state index in [1.54, 1.807) is 25.1 Å². The molecule has 0 atom stereocenters. The van der Waals surface area contributed by atoms with Gasteiger partial charge in [0, 0.05) is 11.3 Å². The number of amides is 1. The lowest BCUT2D eigenvalue weighted by atomic mass is 10.0. The summed E-state index contributed by atoms with van der Waals surface area (Å²) >= 11 is 4.49. The lowest BCUT2D eigenvalue weighted by molar-refractivity contribution is -0.118. The van der Waals surface area contributed by atoms with Gasteiger partial charge in [0.05, 0.1) is 19.1 Å². The summed E-state index contributed by atoms with van der Waals surface area (Å²) in [6.07, 6.45) is 1.62. The third kappa shape index (κ3) is 6.34. The first-order valence-electron chi connectivity index (χ1n) is 10.1. The van der Waals surface area contributed by atoms with Crippen molar-refractivity contribution < 1.29 is 9.53 Å². The Morgan fingerprint density at radius 3 is 2.61 bits per heavy atom. The van der Waals surface area contributed by atoms with Gasteiger partial charge in [0.25, 0.3) is 5.91 Å². The number of nitrogens with zero attached hydrogens (tertiary/aromatic N) is 3. The Morgan fingerprint density at radius 2 is 1.82 bits per heavy atom. The topological polar surface area (TPSA) is 76.5 Å². The van der Waals surface area contributed by atoms with Crippen LogP contribution in [0.4, 0.5) is 0 Å². The summed E-state index contributed by atoms with van der Waals surface area (Å²) in [6.45, 7) is 2.08. The molecule has 9 heteroatoms. The van der Waals surface area contributed by atoms with Gasteiger partial charge < -0.3 is 4.74 Å². The van der Waals surface area contributed by atoms with Crippen LogP contribution in [0.5, 0.6) is 5.75 Å². The van der Waals surface area contributed by atoms with Gasteiger partial charge in [-0.15, -0.1) is 10.2 Å². The minimum atomic E-state index is -0.209. The highest BCUT2D eigenvalue weighted by molar-refractivity contribution is 8.03. The lowest BCUT2D eigenvalue weighted by Gasteiger charge is -2.08. The molecule has 0 aliphatic carbocycles. The number of nitrogens with one attached hydrogen (secondary N) is 1. The van der Waals surface area contributed by atoms with Crippen LogP contribution in [0.3, 0.4) is 0 Å². The first kappa shape index (κ1) is 23.3. The van der Waals surface area contributed by atoms with Crippen molar-refractivity contribution in [2.75, 3.05) is 12.9 Å². The Balaban J connectivity index is 1.28. The summed E-state index contributed by atoms with van der Waals surface area (Å²) in [4.78, 5) is 12.2. The molecule has 0 bridgehead atoms. The van der Waals surface area contributed by atoms with Gasteiger partial charge in [0.15, 0.2) is 8.68 Å². The number of aryl methyl sites for hydroxylation is 1. The van der Waals surface area contributed by atoms with Crippen molar-refractivity contribution in [2.45, 2.75) is 21.4 Å². The first-order chi connectivity index (χ1) is 16.1. The van der Waals surface area contributed by atoms with Crippen LogP contribution in [-0.2, 0) is 10.5 Å². The lowest BCUT2D eigenvalue weighted by Crippen LogP contribution is -2.19. The average Bonchev–Trinajstić information content (AvgIpc) is 3.30. The smallest absolute Gasteiger partial charge is 0.250 e. The van der Waals surface area contributed by atoms with Crippen molar-refractivity contribution in [3.05, 3.63) is 77.4 Å². The number of methoxy groups -OCH3 is 1. The van der Waals surface area contributed by atoms with E-state index >= 15 is 0 Å². The molecule has 6 nitrogen and oxygen atoms in total. The molecule has 0 aliphatic heterocycles. The van der Waals surface area contributed by atoms with Crippen LogP contribution < -0.4 is 10.2 Å². The number of carbonyl (C=O) groups is 1. The normalized spacial score (nSPS) is 11.2. The highest BCUT2D eigenvalue weighted by Gasteiger charge is 2.10. The Kier molecular flexibility index (Phi) is 7.98. The molecular formula is C24H22N4O2S3. The number of rotatable bonds is 9. The molecule has 1 amide bonds.